The summed E-state index contributed by atoms with van der Waals surface area (Å²) >= 11 is 0. The third-order valence-electron chi connectivity index (χ3n) is 5.40. The maximum atomic E-state index is 6.15. The van der Waals surface area contributed by atoms with Crippen molar-refractivity contribution >= 4 is 0 Å². The van der Waals surface area contributed by atoms with E-state index in [9.17, 15) is 0 Å². The zero-order valence-electron chi connectivity index (χ0n) is 12.5. The molecule has 0 radical (unpaired) electrons. The molecule has 0 bridgehead atoms. The van der Waals surface area contributed by atoms with Crippen LogP contribution in [0.3, 0.4) is 0 Å². The van der Waals surface area contributed by atoms with Crippen LogP contribution in [0.25, 0.3) is 0 Å². The van der Waals surface area contributed by atoms with Gasteiger partial charge in [0.25, 0.3) is 0 Å². The summed E-state index contributed by atoms with van der Waals surface area (Å²) in [6.07, 6.45) is 8.00. The molecule has 0 aromatic rings. The molecule has 2 aliphatic rings. The number of hydrogen-bond donors (Lipinski definition) is 1. The molecule has 2 fully saturated rings. The summed E-state index contributed by atoms with van der Waals surface area (Å²) in [5.41, 5.74) is 0.287. The van der Waals surface area contributed by atoms with E-state index in [1.807, 2.05) is 0 Å². The molecule has 106 valence electrons. The fourth-order valence-electron chi connectivity index (χ4n) is 3.90. The van der Waals surface area contributed by atoms with Gasteiger partial charge in [0.2, 0.25) is 0 Å². The predicted octanol–water partition coefficient (Wildman–Crippen LogP) is 3.61. The first-order chi connectivity index (χ1) is 8.67. The average molecular weight is 253 g/mol. The first-order valence-electron chi connectivity index (χ1n) is 8.01. The van der Waals surface area contributed by atoms with Crippen molar-refractivity contribution in [2.45, 2.75) is 64.9 Å². The van der Waals surface area contributed by atoms with Gasteiger partial charge in [-0.05, 0) is 56.5 Å². The monoisotopic (exact) mass is 253 g/mol. The van der Waals surface area contributed by atoms with Crippen LogP contribution in [0.1, 0.15) is 59.3 Å². The molecule has 1 aliphatic carbocycles. The van der Waals surface area contributed by atoms with Crippen LogP contribution >= 0.6 is 0 Å². The Bertz CT molecular complexity index is 247. The molecule has 2 heteroatoms. The van der Waals surface area contributed by atoms with E-state index in [1.54, 1.807) is 0 Å². The van der Waals surface area contributed by atoms with Crippen LogP contribution in [-0.4, -0.2) is 25.3 Å². The standard InChI is InChI=1S/C16H31NO/c1-4-17-12-13(2)14(3)15-7-10-18-16(11-15)8-5-6-9-16/h13-15,17H,4-12H2,1-3H3. The maximum Gasteiger partial charge on any atom is 0.0685 e. The molecule has 0 aromatic carbocycles. The van der Waals surface area contributed by atoms with Gasteiger partial charge in [-0.2, -0.15) is 0 Å². The molecule has 1 N–H and O–H groups in total. The minimum atomic E-state index is 0.287. The van der Waals surface area contributed by atoms with Crippen molar-refractivity contribution in [1.82, 2.24) is 5.32 Å². The van der Waals surface area contributed by atoms with Gasteiger partial charge in [0, 0.05) is 6.61 Å². The van der Waals surface area contributed by atoms with Crippen LogP contribution in [-0.2, 0) is 4.74 Å². The van der Waals surface area contributed by atoms with Crippen molar-refractivity contribution in [3.63, 3.8) is 0 Å². The number of hydrogen-bond acceptors (Lipinski definition) is 2. The van der Waals surface area contributed by atoms with Crippen LogP contribution in [0.4, 0.5) is 0 Å². The average Bonchev–Trinajstić information content (AvgIpc) is 2.83. The van der Waals surface area contributed by atoms with Gasteiger partial charge in [0.15, 0.2) is 0 Å². The zero-order chi connectivity index (χ0) is 13.0. The van der Waals surface area contributed by atoms with E-state index in [1.165, 1.54) is 45.1 Å². The second-order valence-corrected chi connectivity index (χ2v) is 6.64. The smallest absolute Gasteiger partial charge is 0.0685 e. The largest absolute Gasteiger partial charge is 0.375 e. The molecule has 1 heterocycles. The predicted molar refractivity (Wildman–Crippen MR) is 76.7 cm³/mol. The maximum absolute atomic E-state index is 6.15. The minimum absolute atomic E-state index is 0.287. The fourth-order valence-corrected chi connectivity index (χ4v) is 3.90. The Morgan fingerprint density at radius 3 is 2.67 bits per heavy atom. The fraction of sp³-hybridized carbons (Fsp3) is 1.00. The number of rotatable bonds is 5. The van der Waals surface area contributed by atoms with Gasteiger partial charge in [-0.1, -0.05) is 33.6 Å². The Kier molecular flexibility index (Phi) is 5.08. The zero-order valence-corrected chi connectivity index (χ0v) is 12.5. The highest BCUT2D eigenvalue weighted by Gasteiger charge is 2.41. The van der Waals surface area contributed by atoms with Gasteiger partial charge < -0.3 is 10.1 Å². The molecule has 0 aromatic heterocycles. The first-order valence-corrected chi connectivity index (χ1v) is 8.01. The molecule has 2 nitrogen and oxygen atoms in total. The van der Waals surface area contributed by atoms with Crippen LogP contribution in [0.2, 0.25) is 0 Å². The second kappa shape index (κ2) is 6.38. The Balaban J connectivity index is 1.87. The third kappa shape index (κ3) is 3.27. The van der Waals surface area contributed by atoms with Crippen molar-refractivity contribution in [2.75, 3.05) is 19.7 Å². The highest BCUT2D eigenvalue weighted by atomic mass is 16.5. The summed E-state index contributed by atoms with van der Waals surface area (Å²) in [6.45, 7) is 10.3. The molecule has 3 unspecified atom stereocenters. The Morgan fingerprint density at radius 1 is 1.28 bits per heavy atom. The Hall–Kier alpha value is -0.0800. The molecule has 0 amide bonds. The molecule has 1 spiro atoms. The number of nitrogens with one attached hydrogen (secondary N) is 1. The van der Waals surface area contributed by atoms with Gasteiger partial charge in [0.1, 0.15) is 0 Å². The van der Waals surface area contributed by atoms with Gasteiger partial charge in [-0.25, -0.2) is 0 Å². The summed E-state index contributed by atoms with van der Waals surface area (Å²) in [7, 11) is 0. The lowest BCUT2D eigenvalue weighted by Crippen LogP contribution is -2.41. The normalized spacial score (nSPS) is 30.5. The van der Waals surface area contributed by atoms with E-state index >= 15 is 0 Å². The van der Waals surface area contributed by atoms with Gasteiger partial charge in [-0.15, -0.1) is 0 Å². The van der Waals surface area contributed by atoms with E-state index in [0.717, 1.165) is 30.9 Å². The van der Waals surface area contributed by atoms with Gasteiger partial charge in [0.05, 0.1) is 5.60 Å². The van der Waals surface area contributed by atoms with Crippen LogP contribution in [0, 0.1) is 17.8 Å². The lowest BCUT2D eigenvalue weighted by molar-refractivity contribution is -0.104. The Labute approximate surface area is 113 Å². The second-order valence-electron chi connectivity index (χ2n) is 6.64. The van der Waals surface area contributed by atoms with E-state index in [-0.39, 0.29) is 5.60 Å². The molecular weight excluding hydrogens is 222 g/mol. The topological polar surface area (TPSA) is 21.3 Å². The molecule has 2 rings (SSSR count). The molecule has 1 saturated heterocycles. The van der Waals surface area contributed by atoms with E-state index < -0.39 is 0 Å². The molecule has 1 saturated carbocycles. The van der Waals surface area contributed by atoms with Crippen molar-refractivity contribution < 1.29 is 4.74 Å². The summed E-state index contributed by atoms with van der Waals surface area (Å²) in [4.78, 5) is 0. The van der Waals surface area contributed by atoms with E-state index in [4.69, 9.17) is 4.74 Å². The quantitative estimate of drug-likeness (QED) is 0.808. The van der Waals surface area contributed by atoms with Crippen LogP contribution in [0.5, 0.6) is 0 Å². The molecular formula is C16H31NO. The van der Waals surface area contributed by atoms with Crippen molar-refractivity contribution in [2.24, 2.45) is 17.8 Å². The van der Waals surface area contributed by atoms with Gasteiger partial charge in [-0.3, -0.25) is 0 Å². The Morgan fingerprint density at radius 2 is 2.00 bits per heavy atom. The molecule has 18 heavy (non-hydrogen) atoms. The van der Waals surface area contributed by atoms with Crippen molar-refractivity contribution in [3.8, 4) is 0 Å². The highest BCUT2D eigenvalue weighted by molar-refractivity contribution is 4.92. The third-order valence-corrected chi connectivity index (χ3v) is 5.40. The van der Waals surface area contributed by atoms with Crippen LogP contribution < -0.4 is 5.32 Å². The number of ether oxygens (including phenoxy) is 1. The van der Waals surface area contributed by atoms with E-state index in [2.05, 4.69) is 26.1 Å². The molecule has 1 aliphatic heterocycles. The van der Waals surface area contributed by atoms with Crippen molar-refractivity contribution in [1.29, 1.82) is 0 Å². The first kappa shape index (κ1) is 14.3. The highest BCUT2D eigenvalue weighted by Crippen LogP contribution is 2.44. The summed E-state index contributed by atoms with van der Waals surface area (Å²) < 4.78 is 6.15. The van der Waals surface area contributed by atoms with Gasteiger partial charge >= 0.3 is 0 Å². The van der Waals surface area contributed by atoms with Crippen LogP contribution in [0.15, 0.2) is 0 Å². The van der Waals surface area contributed by atoms with Crippen molar-refractivity contribution in [3.05, 3.63) is 0 Å². The van der Waals surface area contributed by atoms with E-state index in [0.29, 0.717) is 0 Å². The minimum Gasteiger partial charge on any atom is -0.375 e. The SMILES string of the molecule is CCNCC(C)C(C)C1CCOC2(CCCC2)C1. The summed E-state index contributed by atoms with van der Waals surface area (Å²) in [5, 5.41) is 3.50. The summed E-state index contributed by atoms with van der Waals surface area (Å²) in [6, 6.07) is 0. The molecule has 3 atom stereocenters. The summed E-state index contributed by atoms with van der Waals surface area (Å²) in [5.74, 6) is 2.49. The lowest BCUT2D eigenvalue weighted by atomic mass is 9.74. The lowest BCUT2D eigenvalue weighted by Gasteiger charge is -2.42.